The monoisotopic (exact) mass is 382 g/mol. The molecular formula is C20H18N2O4S. The van der Waals surface area contributed by atoms with Crippen LogP contribution in [0.2, 0.25) is 0 Å². The molecule has 0 radical (unpaired) electrons. The lowest BCUT2D eigenvalue weighted by Gasteiger charge is -2.12. The highest BCUT2D eigenvalue weighted by Crippen LogP contribution is 2.24. The second kappa shape index (κ2) is 7.92. The van der Waals surface area contributed by atoms with Crippen molar-refractivity contribution in [3.63, 3.8) is 0 Å². The highest BCUT2D eigenvalue weighted by molar-refractivity contribution is 7.92. The van der Waals surface area contributed by atoms with Gasteiger partial charge in [-0.15, -0.1) is 0 Å². The minimum atomic E-state index is -3.76. The summed E-state index contributed by atoms with van der Waals surface area (Å²) in [5, 5.41) is 2.67. The molecule has 0 spiro atoms. The van der Waals surface area contributed by atoms with Gasteiger partial charge in [-0.2, -0.15) is 0 Å². The Labute approximate surface area is 157 Å². The molecule has 27 heavy (non-hydrogen) atoms. The number of hydrogen-bond acceptors (Lipinski definition) is 4. The van der Waals surface area contributed by atoms with Gasteiger partial charge < -0.3 is 9.73 Å². The second-order valence-electron chi connectivity index (χ2n) is 5.74. The molecule has 1 amide bonds. The lowest BCUT2D eigenvalue weighted by molar-refractivity contribution is -0.111. The average molecular weight is 382 g/mol. The zero-order valence-corrected chi connectivity index (χ0v) is 15.4. The molecule has 0 unspecified atom stereocenters. The fourth-order valence-corrected chi connectivity index (χ4v) is 3.46. The van der Waals surface area contributed by atoms with Crippen LogP contribution in [0.15, 0.2) is 82.1 Å². The Morgan fingerprint density at radius 3 is 2.26 bits per heavy atom. The second-order valence-corrected chi connectivity index (χ2v) is 7.42. The van der Waals surface area contributed by atoms with Gasteiger partial charge in [0.15, 0.2) is 0 Å². The number of benzene rings is 2. The molecule has 138 valence electrons. The van der Waals surface area contributed by atoms with Crippen molar-refractivity contribution in [2.45, 2.75) is 11.8 Å². The third kappa shape index (κ3) is 4.86. The maximum absolute atomic E-state index is 12.5. The van der Waals surface area contributed by atoms with Gasteiger partial charge >= 0.3 is 0 Å². The van der Waals surface area contributed by atoms with Gasteiger partial charge in [-0.3, -0.25) is 9.52 Å². The average Bonchev–Trinajstić information content (AvgIpc) is 3.07. The Bertz CT molecular complexity index is 1070. The number of hydrogen-bond donors (Lipinski definition) is 2. The molecule has 0 saturated carbocycles. The van der Waals surface area contributed by atoms with Gasteiger partial charge in [0.2, 0.25) is 5.91 Å². The number of carbonyl (C=O) groups excluding carboxylic acids is 1. The van der Waals surface area contributed by atoms with Crippen LogP contribution < -0.4 is 10.0 Å². The molecule has 0 aliphatic heterocycles. The standard InChI is InChI=1S/C20H18N2O4S/c1-15-11-12-16(26-15)13-14-20(23)21-18-9-5-6-10-19(18)22-27(24,25)17-7-3-2-4-8-17/h2-14,22H,1H3,(H,21,23)/b14-13+. The molecule has 1 heterocycles. The first-order chi connectivity index (χ1) is 12.9. The van der Waals surface area contributed by atoms with Crippen LogP contribution in [0.1, 0.15) is 11.5 Å². The zero-order valence-electron chi connectivity index (χ0n) is 14.5. The molecule has 3 aromatic rings. The number of aryl methyl sites for hydroxylation is 1. The van der Waals surface area contributed by atoms with E-state index in [2.05, 4.69) is 10.0 Å². The van der Waals surface area contributed by atoms with Gasteiger partial charge in [0.05, 0.1) is 16.3 Å². The van der Waals surface area contributed by atoms with E-state index in [0.29, 0.717) is 11.4 Å². The van der Waals surface area contributed by atoms with Crippen molar-refractivity contribution in [3.8, 4) is 0 Å². The van der Waals surface area contributed by atoms with E-state index in [-0.39, 0.29) is 10.6 Å². The van der Waals surface area contributed by atoms with Crippen molar-refractivity contribution < 1.29 is 17.6 Å². The van der Waals surface area contributed by atoms with E-state index in [0.717, 1.165) is 5.76 Å². The molecule has 2 aromatic carbocycles. The summed E-state index contributed by atoms with van der Waals surface area (Å²) in [6.45, 7) is 1.81. The molecule has 6 nitrogen and oxygen atoms in total. The summed E-state index contributed by atoms with van der Waals surface area (Å²) in [7, 11) is -3.76. The summed E-state index contributed by atoms with van der Waals surface area (Å²) in [5.41, 5.74) is 0.624. The third-order valence-electron chi connectivity index (χ3n) is 3.64. The van der Waals surface area contributed by atoms with E-state index in [1.165, 1.54) is 18.2 Å². The SMILES string of the molecule is Cc1ccc(/C=C/C(=O)Nc2ccccc2NS(=O)(=O)c2ccccc2)o1. The van der Waals surface area contributed by atoms with Gasteiger partial charge in [0.25, 0.3) is 10.0 Å². The van der Waals surface area contributed by atoms with E-state index in [9.17, 15) is 13.2 Å². The minimum absolute atomic E-state index is 0.138. The number of nitrogens with one attached hydrogen (secondary N) is 2. The van der Waals surface area contributed by atoms with Gasteiger partial charge in [0.1, 0.15) is 11.5 Å². The van der Waals surface area contributed by atoms with Crippen LogP contribution in [-0.4, -0.2) is 14.3 Å². The van der Waals surface area contributed by atoms with Crippen molar-refractivity contribution in [3.05, 3.63) is 84.3 Å². The molecule has 0 atom stereocenters. The summed E-state index contributed by atoms with van der Waals surface area (Å²) >= 11 is 0. The van der Waals surface area contributed by atoms with Crippen LogP contribution in [0, 0.1) is 6.92 Å². The molecule has 3 rings (SSSR count). The van der Waals surface area contributed by atoms with Crippen molar-refractivity contribution in [1.82, 2.24) is 0 Å². The van der Waals surface area contributed by atoms with E-state index in [1.807, 2.05) is 6.92 Å². The van der Waals surface area contributed by atoms with Crippen LogP contribution in [-0.2, 0) is 14.8 Å². The van der Waals surface area contributed by atoms with Crippen LogP contribution in [0.4, 0.5) is 11.4 Å². The lowest BCUT2D eigenvalue weighted by Crippen LogP contribution is -2.16. The highest BCUT2D eigenvalue weighted by Gasteiger charge is 2.15. The molecule has 0 saturated heterocycles. The Balaban J connectivity index is 1.76. The van der Waals surface area contributed by atoms with Crippen LogP contribution in [0.5, 0.6) is 0 Å². The number of carbonyl (C=O) groups is 1. The largest absolute Gasteiger partial charge is 0.462 e. The van der Waals surface area contributed by atoms with Crippen LogP contribution in [0.3, 0.4) is 0 Å². The van der Waals surface area contributed by atoms with Crippen molar-refractivity contribution >= 4 is 33.4 Å². The van der Waals surface area contributed by atoms with Gasteiger partial charge in [0, 0.05) is 6.08 Å². The van der Waals surface area contributed by atoms with Gasteiger partial charge in [-0.05, 0) is 49.4 Å². The Hall–Kier alpha value is -3.32. The summed E-state index contributed by atoms with van der Waals surface area (Å²) in [6.07, 6.45) is 2.86. The molecule has 0 bridgehead atoms. The third-order valence-corrected chi connectivity index (χ3v) is 5.02. The number of furan rings is 1. The van der Waals surface area contributed by atoms with Crippen molar-refractivity contribution in [2.24, 2.45) is 0 Å². The Morgan fingerprint density at radius 1 is 0.926 bits per heavy atom. The minimum Gasteiger partial charge on any atom is -0.462 e. The number of anilines is 2. The van der Waals surface area contributed by atoms with Crippen molar-refractivity contribution in [2.75, 3.05) is 10.0 Å². The zero-order chi connectivity index (χ0) is 19.3. The number of sulfonamides is 1. The van der Waals surface area contributed by atoms with Crippen molar-refractivity contribution in [1.29, 1.82) is 0 Å². The van der Waals surface area contributed by atoms with E-state index in [1.54, 1.807) is 60.7 Å². The maximum Gasteiger partial charge on any atom is 0.261 e. The summed E-state index contributed by atoms with van der Waals surface area (Å²) in [5.74, 6) is 0.895. The Kier molecular flexibility index (Phi) is 5.42. The fraction of sp³-hybridized carbons (Fsp3) is 0.0500. The Morgan fingerprint density at radius 2 is 1.59 bits per heavy atom. The predicted molar refractivity (Wildman–Crippen MR) is 105 cm³/mol. The topological polar surface area (TPSA) is 88.4 Å². The van der Waals surface area contributed by atoms with Crippen LogP contribution >= 0.6 is 0 Å². The van der Waals surface area contributed by atoms with Crippen LogP contribution in [0.25, 0.3) is 6.08 Å². The maximum atomic E-state index is 12.5. The first kappa shape index (κ1) is 18.5. The van der Waals surface area contributed by atoms with Gasteiger partial charge in [-0.25, -0.2) is 8.42 Å². The first-order valence-electron chi connectivity index (χ1n) is 8.16. The summed E-state index contributed by atoms with van der Waals surface area (Å²) in [6, 6.07) is 18.1. The predicted octanol–water partition coefficient (Wildman–Crippen LogP) is 4.04. The lowest BCUT2D eigenvalue weighted by atomic mass is 10.2. The molecule has 2 N–H and O–H groups in total. The van der Waals surface area contributed by atoms with E-state index in [4.69, 9.17) is 4.42 Å². The molecular weight excluding hydrogens is 364 g/mol. The summed E-state index contributed by atoms with van der Waals surface area (Å²) < 4.78 is 32.9. The first-order valence-corrected chi connectivity index (χ1v) is 9.65. The normalized spacial score (nSPS) is 11.4. The number of para-hydroxylation sites is 2. The molecule has 0 fully saturated rings. The molecule has 1 aromatic heterocycles. The summed E-state index contributed by atoms with van der Waals surface area (Å²) in [4.78, 5) is 12.3. The molecule has 7 heteroatoms. The quantitative estimate of drug-likeness (QED) is 0.630. The van der Waals surface area contributed by atoms with Gasteiger partial charge in [-0.1, -0.05) is 30.3 Å². The van der Waals surface area contributed by atoms with E-state index < -0.39 is 15.9 Å². The fourth-order valence-electron chi connectivity index (χ4n) is 2.36. The number of rotatable bonds is 6. The smallest absolute Gasteiger partial charge is 0.261 e. The highest BCUT2D eigenvalue weighted by atomic mass is 32.2. The van der Waals surface area contributed by atoms with E-state index >= 15 is 0 Å². The molecule has 0 aliphatic carbocycles. The molecule has 0 aliphatic rings. The number of amides is 1.